The fraction of sp³-hybridized carbons (Fsp3) is 0.500. The van der Waals surface area contributed by atoms with Crippen LogP contribution in [0.5, 0.6) is 0 Å². The third kappa shape index (κ3) is 2.16. The van der Waals surface area contributed by atoms with Crippen molar-refractivity contribution in [1.82, 2.24) is 4.98 Å². The fourth-order valence-electron chi connectivity index (χ4n) is 1.29. The molecule has 0 saturated heterocycles. The van der Waals surface area contributed by atoms with Crippen LogP contribution in [0.25, 0.3) is 0 Å². The maximum absolute atomic E-state index is 5.96. The van der Waals surface area contributed by atoms with E-state index in [0.29, 0.717) is 17.4 Å². The van der Waals surface area contributed by atoms with Crippen molar-refractivity contribution in [3.63, 3.8) is 0 Å². The number of rotatable bonds is 1. The van der Waals surface area contributed by atoms with Crippen LogP contribution in [0.1, 0.15) is 32.0 Å². The summed E-state index contributed by atoms with van der Waals surface area (Å²) in [6.45, 7) is 6.50. The van der Waals surface area contributed by atoms with Crippen molar-refractivity contribution in [2.45, 2.75) is 32.7 Å². The van der Waals surface area contributed by atoms with Crippen LogP contribution < -0.4 is 11.5 Å². The third-order valence-electron chi connectivity index (χ3n) is 2.01. The molecule has 3 nitrogen and oxygen atoms in total. The second-order valence-electron chi connectivity index (χ2n) is 4.33. The summed E-state index contributed by atoms with van der Waals surface area (Å²) in [5, 5.41) is 0.451. The van der Waals surface area contributed by atoms with Gasteiger partial charge in [0.25, 0.3) is 0 Å². The van der Waals surface area contributed by atoms with E-state index in [0.717, 1.165) is 11.3 Å². The van der Waals surface area contributed by atoms with Crippen molar-refractivity contribution in [3.8, 4) is 0 Å². The molecule has 0 aliphatic heterocycles. The first-order chi connectivity index (χ1) is 6.36. The van der Waals surface area contributed by atoms with Gasteiger partial charge in [0.2, 0.25) is 0 Å². The Labute approximate surface area is 89.5 Å². The van der Waals surface area contributed by atoms with Gasteiger partial charge in [0, 0.05) is 17.5 Å². The molecular weight excluding hydrogens is 198 g/mol. The quantitative estimate of drug-likeness (QED) is 0.702. The van der Waals surface area contributed by atoms with E-state index in [1.807, 2.05) is 20.8 Å². The molecule has 0 aliphatic rings. The minimum absolute atomic E-state index is 0.0964. The summed E-state index contributed by atoms with van der Waals surface area (Å²) in [6, 6.07) is 1.80. The van der Waals surface area contributed by atoms with Gasteiger partial charge in [-0.2, -0.15) is 0 Å². The summed E-state index contributed by atoms with van der Waals surface area (Å²) < 4.78 is 0. The zero-order valence-electron chi connectivity index (χ0n) is 8.76. The van der Waals surface area contributed by atoms with Crippen molar-refractivity contribution in [2.75, 3.05) is 5.73 Å². The van der Waals surface area contributed by atoms with Gasteiger partial charge in [0.1, 0.15) is 5.15 Å². The molecule has 1 rings (SSSR count). The van der Waals surface area contributed by atoms with Crippen LogP contribution in [0.15, 0.2) is 6.07 Å². The first-order valence-electron chi connectivity index (χ1n) is 4.51. The van der Waals surface area contributed by atoms with Gasteiger partial charge in [-0.3, -0.25) is 0 Å². The fourth-order valence-corrected chi connectivity index (χ4v) is 1.51. The number of nitrogens with two attached hydrogens (primary N) is 2. The second-order valence-corrected chi connectivity index (χ2v) is 4.69. The van der Waals surface area contributed by atoms with Crippen molar-refractivity contribution in [1.29, 1.82) is 0 Å². The topological polar surface area (TPSA) is 64.9 Å². The summed E-state index contributed by atoms with van der Waals surface area (Å²) in [6.07, 6.45) is 0. The van der Waals surface area contributed by atoms with Crippen LogP contribution in [-0.4, -0.2) is 4.98 Å². The highest BCUT2D eigenvalue weighted by Crippen LogP contribution is 2.28. The minimum Gasteiger partial charge on any atom is -0.397 e. The monoisotopic (exact) mass is 213 g/mol. The van der Waals surface area contributed by atoms with E-state index >= 15 is 0 Å². The zero-order chi connectivity index (χ0) is 10.9. The Bertz CT molecular complexity index is 342. The molecule has 1 aromatic rings. The number of pyridine rings is 1. The molecule has 1 aromatic heterocycles. The summed E-state index contributed by atoms with van der Waals surface area (Å²) in [7, 11) is 0. The molecule has 78 valence electrons. The predicted molar refractivity (Wildman–Crippen MR) is 60.3 cm³/mol. The first-order valence-corrected chi connectivity index (χ1v) is 4.89. The standard InChI is InChI=1S/C10H16ClN3/c1-10(2,3)8-7(13)4-6(5-12)9(11)14-8/h4H,5,12-13H2,1-3H3. The van der Waals surface area contributed by atoms with Gasteiger partial charge in [-0.25, -0.2) is 4.98 Å². The van der Waals surface area contributed by atoms with Crippen molar-refractivity contribution >= 4 is 17.3 Å². The normalized spacial score (nSPS) is 11.8. The zero-order valence-corrected chi connectivity index (χ0v) is 9.52. The molecule has 4 heteroatoms. The van der Waals surface area contributed by atoms with Crippen molar-refractivity contribution in [2.24, 2.45) is 5.73 Å². The maximum atomic E-state index is 5.96. The second kappa shape index (κ2) is 3.75. The lowest BCUT2D eigenvalue weighted by Crippen LogP contribution is -2.17. The number of nitrogen functional groups attached to an aromatic ring is 1. The van der Waals surface area contributed by atoms with Gasteiger partial charge < -0.3 is 11.5 Å². The van der Waals surface area contributed by atoms with Crippen LogP contribution in [0.4, 0.5) is 5.69 Å². The molecule has 0 spiro atoms. The lowest BCUT2D eigenvalue weighted by molar-refractivity contribution is 0.571. The van der Waals surface area contributed by atoms with Gasteiger partial charge in [-0.15, -0.1) is 0 Å². The van der Waals surface area contributed by atoms with Crippen molar-refractivity contribution < 1.29 is 0 Å². The molecule has 1 heterocycles. The lowest BCUT2D eigenvalue weighted by atomic mass is 9.90. The Balaban J connectivity index is 3.29. The van der Waals surface area contributed by atoms with Gasteiger partial charge in [-0.05, 0) is 6.07 Å². The Morgan fingerprint density at radius 1 is 1.43 bits per heavy atom. The van der Waals surface area contributed by atoms with E-state index in [-0.39, 0.29) is 5.41 Å². The van der Waals surface area contributed by atoms with Gasteiger partial charge in [-0.1, -0.05) is 32.4 Å². The number of hydrogen-bond donors (Lipinski definition) is 2. The van der Waals surface area contributed by atoms with Crippen LogP contribution in [0.2, 0.25) is 5.15 Å². The highest BCUT2D eigenvalue weighted by molar-refractivity contribution is 6.30. The molecule has 14 heavy (non-hydrogen) atoms. The van der Waals surface area contributed by atoms with Crippen LogP contribution in [-0.2, 0) is 12.0 Å². The van der Waals surface area contributed by atoms with Crippen LogP contribution in [0.3, 0.4) is 0 Å². The van der Waals surface area contributed by atoms with E-state index < -0.39 is 0 Å². The molecule has 0 aliphatic carbocycles. The van der Waals surface area contributed by atoms with Crippen LogP contribution >= 0.6 is 11.6 Å². The van der Waals surface area contributed by atoms with E-state index in [1.54, 1.807) is 6.07 Å². The number of anilines is 1. The minimum atomic E-state index is -0.0964. The third-order valence-corrected chi connectivity index (χ3v) is 2.34. The molecule has 0 amide bonds. The first kappa shape index (κ1) is 11.3. The summed E-state index contributed by atoms with van der Waals surface area (Å²) >= 11 is 5.96. The van der Waals surface area contributed by atoms with E-state index in [2.05, 4.69) is 4.98 Å². The Kier molecular flexibility index (Phi) is 3.02. The molecular formula is C10H16ClN3. The Morgan fingerprint density at radius 3 is 2.43 bits per heavy atom. The van der Waals surface area contributed by atoms with E-state index in [9.17, 15) is 0 Å². The molecule has 0 fully saturated rings. The summed E-state index contributed by atoms with van der Waals surface area (Å²) in [5.74, 6) is 0. The Hall–Kier alpha value is -0.800. The average molecular weight is 214 g/mol. The highest BCUT2D eigenvalue weighted by Gasteiger charge is 2.20. The smallest absolute Gasteiger partial charge is 0.134 e. The number of nitrogens with zero attached hydrogens (tertiary/aromatic N) is 1. The molecule has 0 unspecified atom stereocenters. The highest BCUT2D eigenvalue weighted by atomic mass is 35.5. The van der Waals surface area contributed by atoms with Gasteiger partial charge in [0.15, 0.2) is 0 Å². The van der Waals surface area contributed by atoms with E-state index in [4.69, 9.17) is 23.1 Å². The number of aromatic nitrogens is 1. The average Bonchev–Trinajstić information content (AvgIpc) is 2.06. The Morgan fingerprint density at radius 2 is 2.00 bits per heavy atom. The summed E-state index contributed by atoms with van der Waals surface area (Å²) in [5.41, 5.74) is 13.5. The molecule has 0 saturated carbocycles. The van der Waals surface area contributed by atoms with Crippen LogP contribution in [0, 0.1) is 0 Å². The SMILES string of the molecule is CC(C)(C)c1nc(Cl)c(CN)cc1N. The van der Waals surface area contributed by atoms with Gasteiger partial charge in [0.05, 0.1) is 11.4 Å². The predicted octanol–water partition coefficient (Wildman–Crippen LogP) is 2.07. The molecule has 0 bridgehead atoms. The van der Waals surface area contributed by atoms with Gasteiger partial charge >= 0.3 is 0 Å². The maximum Gasteiger partial charge on any atom is 0.134 e. The molecule has 0 atom stereocenters. The lowest BCUT2D eigenvalue weighted by Gasteiger charge is -2.20. The van der Waals surface area contributed by atoms with E-state index in [1.165, 1.54) is 0 Å². The number of halogens is 1. The molecule has 0 radical (unpaired) electrons. The largest absolute Gasteiger partial charge is 0.397 e. The number of hydrogen-bond acceptors (Lipinski definition) is 3. The molecule has 0 aromatic carbocycles. The summed E-state index contributed by atoms with van der Waals surface area (Å²) in [4.78, 5) is 4.28. The molecule has 4 N–H and O–H groups in total. The van der Waals surface area contributed by atoms with Crippen molar-refractivity contribution in [3.05, 3.63) is 22.5 Å².